The van der Waals surface area contributed by atoms with E-state index in [1.165, 1.54) is 24.3 Å². The van der Waals surface area contributed by atoms with Crippen molar-refractivity contribution in [1.82, 2.24) is 0 Å². The first-order valence-corrected chi connectivity index (χ1v) is 5.91. The Labute approximate surface area is 115 Å². The molecule has 0 aromatic heterocycles. The molecular weight excluding hydrogens is 273 g/mol. The van der Waals surface area contributed by atoms with Gasteiger partial charge in [-0.3, -0.25) is 5.32 Å². The Morgan fingerprint density at radius 1 is 1.20 bits per heavy atom. The van der Waals surface area contributed by atoms with Crippen molar-refractivity contribution in [2.75, 3.05) is 5.32 Å². The van der Waals surface area contributed by atoms with E-state index in [0.29, 0.717) is 5.69 Å². The van der Waals surface area contributed by atoms with Gasteiger partial charge < -0.3 is 10.5 Å². The van der Waals surface area contributed by atoms with E-state index in [-0.39, 0.29) is 5.56 Å². The lowest BCUT2D eigenvalue weighted by Crippen LogP contribution is -2.28. The normalized spacial score (nSPS) is 13.8. The third kappa shape index (κ3) is 5.08. The Kier molecular flexibility index (Phi) is 4.65. The molecule has 7 heteroatoms. The molecule has 0 radical (unpaired) electrons. The molecule has 1 atom stereocenters. The van der Waals surface area contributed by atoms with E-state index in [9.17, 15) is 18.0 Å². The van der Waals surface area contributed by atoms with Gasteiger partial charge >= 0.3 is 12.3 Å². The Morgan fingerprint density at radius 2 is 1.70 bits per heavy atom. The molecule has 0 saturated heterocycles. The summed E-state index contributed by atoms with van der Waals surface area (Å²) in [5, 5.41) is 2.42. The fourth-order valence-corrected chi connectivity index (χ4v) is 1.38. The molecule has 0 saturated carbocycles. The molecule has 4 nitrogen and oxygen atoms in total. The van der Waals surface area contributed by atoms with Gasteiger partial charge in [0.05, 0.1) is 0 Å². The maximum Gasteiger partial charge on any atom is 0.412 e. The van der Waals surface area contributed by atoms with E-state index in [1.807, 2.05) is 0 Å². The number of amides is 1. The molecule has 1 unspecified atom stereocenters. The van der Waals surface area contributed by atoms with Crippen molar-refractivity contribution < 1.29 is 22.7 Å². The highest BCUT2D eigenvalue weighted by Gasteiger charge is 2.37. The molecule has 1 amide bonds. The number of nitrogens with two attached hydrogens (primary N) is 1. The van der Waals surface area contributed by atoms with Crippen LogP contribution in [0.5, 0.6) is 0 Å². The minimum atomic E-state index is -4.50. The summed E-state index contributed by atoms with van der Waals surface area (Å²) in [6, 6.07) is 3.06. The predicted octanol–water partition coefficient (Wildman–Crippen LogP) is 3.60. The Bertz CT molecular complexity index is 464. The number of carbonyl (C=O) groups is 1. The first kappa shape index (κ1) is 16.3. The number of alkyl halides is 3. The van der Waals surface area contributed by atoms with Crippen molar-refractivity contribution in [3.05, 3.63) is 29.8 Å². The van der Waals surface area contributed by atoms with Crippen molar-refractivity contribution in [2.45, 2.75) is 38.6 Å². The standard InChI is InChI=1S/C13H17F3N2O2/c1-12(2,3)20-11(19)18-9-6-4-8(5-7-9)10(17)13(14,15)16/h4-7,10H,17H2,1-3H3,(H,18,19). The van der Waals surface area contributed by atoms with Gasteiger partial charge in [-0.25, -0.2) is 4.79 Å². The second kappa shape index (κ2) is 5.70. The van der Waals surface area contributed by atoms with Gasteiger partial charge in [-0.2, -0.15) is 13.2 Å². The van der Waals surface area contributed by atoms with Crippen LogP contribution >= 0.6 is 0 Å². The number of nitrogens with one attached hydrogen (secondary N) is 1. The van der Waals surface area contributed by atoms with Crippen LogP contribution in [-0.2, 0) is 4.74 Å². The van der Waals surface area contributed by atoms with Crippen LogP contribution < -0.4 is 11.1 Å². The number of hydrogen-bond donors (Lipinski definition) is 2. The number of anilines is 1. The zero-order valence-electron chi connectivity index (χ0n) is 11.4. The molecule has 3 N–H and O–H groups in total. The highest BCUT2D eigenvalue weighted by Crippen LogP contribution is 2.30. The summed E-state index contributed by atoms with van der Waals surface area (Å²) in [6.07, 6.45) is -5.18. The number of carbonyl (C=O) groups excluding carboxylic acids is 1. The molecule has 1 aromatic carbocycles. The van der Waals surface area contributed by atoms with Crippen molar-refractivity contribution in [1.29, 1.82) is 0 Å². The monoisotopic (exact) mass is 290 g/mol. The molecule has 1 aromatic rings. The van der Waals surface area contributed by atoms with Crippen LogP contribution in [0, 0.1) is 0 Å². The van der Waals surface area contributed by atoms with Crippen molar-refractivity contribution in [3.8, 4) is 0 Å². The smallest absolute Gasteiger partial charge is 0.412 e. The largest absolute Gasteiger partial charge is 0.444 e. The second-order valence-electron chi connectivity index (χ2n) is 5.27. The fourth-order valence-electron chi connectivity index (χ4n) is 1.38. The molecule has 20 heavy (non-hydrogen) atoms. The first-order valence-electron chi connectivity index (χ1n) is 5.91. The van der Waals surface area contributed by atoms with Gasteiger partial charge in [0.15, 0.2) is 0 Å². The minimum absolute atomic E-state index is 0.0766. The van der Waals surface area contributed by atoms with Crippen molar-refractivity contribution in [3.63, 3.8) is 0 Å². The minimum Gasteiger partial charge on any atom is -0.444 e. The number of halogens is 3. The van der Waals surface area contributed by atoms with Crippen molar-refractivity contribution in [2.24, 2.45) is 5.73 Å². The van der Waals surface area contributed by atoms with Crippen LogP contribution in [-0.4, -0.2) is 17.9 Å². The maximum atomic E-state index is 12.4. The molecule has 0 aliphatic heterocycles. The Hall–Kier alpha value is -1.76. The van der Waals surface area contributed by atoms with Crippen LogP contribution in [0.4, 0.5) is 23.7 Å². The van der Waals surface area contributed by atoms with Crippen LogP contribution in [0.3, 0.4) is 0 Å². The molecular formula is C13H17F3N2O2. The molecule has 0 heterocycles. The highest BCUT2D eigenvalue weighted by atomic mass is 19.4. The molecule has 0 spiro atoms. The molecule has 1 rings (SSSR count). The number of ether oxygens (including phenoxy) is 1. The number of benzene rings is 1. The third-order valence-electron chi connectivity index (χ3n) is 2.27. The Morgan fingerprint density at radius 3 is 2.10 bits per heavy atom. The average molecular weight is 290 g/mol. The van der Waals surface area contributed by atoms with E-state index in [1.54, 1.807) is 20.8 Å². The van der Waals surface area contributed by atoms with Crippen molar-refractivity contribution >= 4 is 11.8 Å². The van der Waals surface area contributed by atoms with Gasteiger partial charge in [-0.15, -0.1) is 0 Å². The summed E-state index contributed by atoms with van der Waals surface area (Å²) < 4.78 is 42.3. The quantitative estimate of drug-likeness (QED) is 0.874. The van der Waals surface area contributed by atoms with E-state index in [0.717, 1.165) is 0 Å². The zero-order valence-corrected chi connectivity index (χ0v) is 11.4. The third-order valence-corrected chi connectivity index (χ3v) is 2.27. The number of rotatable bonds is 2. The zero-order chi connectivity index (χ0) is 15.6. The first-order chi connectivity index (χ1) is 8.99. The van der Waals surface area contributed by atoms with Gasteiger partial charge in [0.1, 0.15) is 11.6 Å². The molecule has 112 valence electrons. The topological polar surface area (TPSA) is 64.3 Å². The van der Waals surface area contributed by atoms with Gasteiger partial charge in [0.2, 0.25) is 0 Å². The highest BCUT2D eigenvalue weighted by molar-refractivity contribution is 5.84. The lowest BCUT2D eigenvalue weighted by molar-refractivity contribution is -0.149. The van der Waals surface area contributed by atoms with Gasteiger partial charge in [-0.05, 0) is 38.5 Å². The molecule has 0 aliphatic rings. The van der Waals surface area contributed by atoms with Gasteiger partial charge in [0.25, 0.3) is 0 Å². The van der Waals surface area contributed by atoms with Crippen LogP contribution in [0.25, 0.3) is 0 Å². The summed E-state index contributed by atoms with van der Waals surface area (Å²) in [5.74, 6) is 0. The van der Waals surface area contributed by atoms with Crippen LogP contribution in [0.1, 0.15) is 32.4 Å². The predicted molar refractivity (Wildman–Crippen MR) is 69.3 cm³/mol. The summed E-state index contributed by atoms with van der Waals surface area (Å²) in [5.41, 5.74) is 4.67. The second-order valence-corrected chi connectivity index (χ2v) is 5.27. The van der Waals surface area contributed by atoms with E-state index in [2.05, 4.69) is 5.32 Å². The van der Waals surface area contributed by atoms with Crippen LogP contribution in [0.2, 0.25) is 0 Å². The summed E-state index contributed by atoms with van der Waals surface area (Å²) in [6.45, 7) is 5.12. The van der Waals surface area contributed by atoms with E-state index < -0.39 is 23.9 Å². The van der Waals surface area contributed by atoms with Gasteiger partial charge in [0, 0.05) is 5.69 Å². The lowest BCUT2D eigenvalue weighted by atomic mass is 10.1. The fraction of sp³-hybridized carbons (Fsp3) is 0.462. The summed E-state index contributed by atoms with van der Waals surface area (Å²) in [7, 11) is 0. The molecule has 0 bridgehead atoms. The molecule has 0 aliphatic carbocycles. The van der Waals surface area contributed by atoms with Gasteiger partial charge in [-0.1, -0.05) is 12.1 Å². The number of hydrogen-bond acceptors (Lipinski definition) is 3. The Balaban J connectivity index is 2.70. The summed E-state index contributed by atoms with van der Waals surface area (Å²) >= 11 is 0. The summed E-state index contributed by atoms with van der Waals surface area (Å²) in [4.78, 5) is 11.5. The van der Waals surface area contributed by atoms with E-state index >= 15 is 0 Å². The average Bonchev–Trinajstić information content (AvgIpc) is 2.25. The van der Waals surface area contributed by atoms with Crippen LogP contribution in [0.15, 0.2) is 24.3 Å². The SMILES string of the molecule is CC(C)(C)OC(=O)Nc1ccc(C(N)C(F)(F)F)cc1. The maximum absolute atomic E-state index is 12.4. The van der Waals surface area contributed by atoms with E-state index in [4.69, 9.17) is 10.5 Å². The molecule has 0 fully saturated rings. The lowest BCUT2D eigenvalue weighted by Gasteiger charge is -2.20.